The summed E-state index contributed by atoms with van der Waals surface area (Å²) in [5, 5.41) is 15.7. The molecule has 0 bridgehead atoms. The Morgan fingerprint density at radius 2 is 1.96 bits per heavy atom. The molecule has 0 saturated carbocycles. The van der Waals surface area contributed by atoms with Crippen molar-refractivity contribution in [2.75, 3.05) is 0 Å². The Balaban J connectivity index is 1.61. The van der Waals surface area contributed by atoms with E-state index in [1.54, 1.807) is 0 Å². The average Bonchev–Trinajstić information content (AvgIpc) is 2.96. The first-order valence-corrected chi connectivity index (χ1v) is 9.00. The van der Waals surface area contributed by atoms with Gasteiger partial charge in [-0.1, -0.05) is 0 Å². The molecule has 0 atom stereocenters. The summed E-state index contributed by atoms with van der Waals surface area (Å²) in [7, 11) is 1.91. The van der Waals surface area contributed by atoms with Crippen LogP contribution in [0.3, 0.4) is 0 Å². The standard InChI is InChI=1S/C18H30N6O/c1-12-16-14(23(6)21-12)11-19-24(16)8-7-15(25)20-13-9-17(2,3)22-18(4,5)10-13/h11,13,22H,7-10H2,1-6H3,(H,20,25). The van der Waals surface area contributed by atoms with Crippen LogP contribution in [0.25, 0.3) is 11.0 Å². The molecule has 1 aliphatic heterocycles. The fourth-order valence-corrected chi connectivity index (χ4v) is 4.41. The molecule has 3 rings (SSSR count). The SMILES string of the molecule is Cc1nn(C)c2cnn(CCC(=O)NC3CC(C)(C)NC(C)(C)C3)c12. The number of fused-ring (bicyclic) bond motifs is 1. The van der Waals surface area contributed by atoms with Gasteiger partial charge in [0.1, 0.15) is 11.0 Å². The summed E-state index contributed by atoms with van der Waals surface area (Å²) in [6, 6.07) is 0.205. The van der Waals surface area contributed by atoms with Gasteiger partial charge in [-0.25, -0.2) is 0 Å². The molecule has 1 amide bonds. The van der Waals surface area contributed by atoms with E-state index < -0.39 is 0 Å². The number of hydrogen-bond acceptors (Lipinski definition) is 4. The minimum Gasteiger partial charge on any atom is -0.353 e. The van der Waals surface area contributed by atoms with Crippen LogP contribution in [0.1, 0.15) is 52.7 Å². The maximum Gasteiger partial charge on any atom is 0.222 e. The van der Waals surface area contributed by atoms with Crippen molar-refractivity contribution in [3.05, 3.63) is 11.9 Å². The fraction of sp³-hybridized carbons (Fsp3) is 0.722. The quantitative estimate of drug-likeness (QED) is 0.886. The van der Waals surface area contributed by atoms with E-state index in [-0.39, 0.29) is 23.0 Å². The van der Waals surface area contributed by atoms with Crippen LogP contribution in [0.4, 0.5) is 0 Å². The van der Waals surface area contributed by atoms with Crippen molar-refractivity contribution >= 4 is 16.9 Å². The number of piperidine rings is 1. The molecule has 0 unspecified atom stereocenters. The second-order valence-electron chi connectivity index (χ2n) is 8.63. The zero-order valence-electron chi connectivity index (χ0n) is 16.2. The highest BCUT2D eigenvalue weighted by molar-refractivity contribution is 5.78. The largest absolute Gasteiger partial charge is 0.353 e. The van der Waals surface area contributed by atoms with Gasteiger partial charge >= 0.3 is 0 Å². The van der Waals surface area contributed by atoms with Gasteiger partial charge in [0.2, 0.25) is 5.91 Å². The first kappa shape index (κ1) is 17.9. The molecule has 138 valence electrons. The van der Waals surface area contributed by atoms with Crippen molar-refractivity contribution in [1.82, 2.24) is 30.2 Å². The third-order valence-electron chi connectivity index (χ3n) is 4.92. The van der Waals surface area contributed by atoms with Gasteiger partial charge in [-0.05, 0) is 47.5 Å². The Bertz CT molecular complexity index is 769. The van der Waals surface area contributed by atoms with Gasteiger partial charge in [-0.15, -0.1) is 0 Å². The van der Waals surface area contributed by atoms with Gasteiger partial charge in [-0.3, -0.25) is 14.2 Å². The van der Waals surface area contributed by atoms with Crippen LogP contribution in [-0.2, 0) is 18.4 Å². The van der Waals surface area contributed by atoms with Gasteiger partial charge in [0.15, 0.2) is 0 Å². The van der Waals surface area contributed by atoms with Crippen molar-refractivity contribution in [3.63, 3.8) is 0 Å². The van der Waals surface area contributed by atoms with Crippen molar-refractivity contribution in [1.29, 1.82) is 0 Å². The molecule has 0 aromatic carbocycles. The van der Waals surface area contributed by atoms with Crippen LogP contribution in [0.5, 0.6) is 0 Å². The first-order valence-electron chi connectivity index (χ1n) is 9.00. The highest BCUT2D eigenvalue weighted by Crippen LogP contribution is 2.28. The van der Waals surface area contributed by atoms with E-state index in [0.29, 0.717) is 13.0 Å². The summed E-state index contributed by atoms with van der Waals surface area (Å²) in [4.78, 5) is 12.5. The topological polar surface area (TPSA) is 76.8 Å². The molecular weight excluding hydrogens is 316 g/mol. The Kier molecular flexibility index (Phi) is 4.39. The fourth-order valence-electron chi connectivity index (χ4n) is 4.41. The van der Waals surface area contributed by atoms with Gasteiger partial charge in [0.25, 0.3) is 0 Å². The first-order chi connectivity index (χ1) is 11.6. The van der Waals surface area contributed by atoms with Gasteiger partial charge in [-0.2, -0.15) is 10.2 Å². The van der Waals surface area contributed by atoms with Crippen LogP contribution >= 0.6 is 0 Å². The van der Waals surface area contributed by atoms with Crippen molar-refractivity contribution in [3.8, 4) is 0 Å². The summed E-state index contributed by atoms with van der Waals surface area (Å²) in [6.45, 7) is 11.3. The average molecular weight is 346 g/mol. The zero-order chi connectivity index (χ0) is 18.4. The summed E-state index contributed by atoms with van der Waals surface area (Å²) in [5.74, 6) is 0.0868. The maximum absolute atomic E-state index is 12.5. The molecule has 0 radical (unpaired) electrons. The van der Waals surface area contributed by atoms with Gasteiger partial charge in [0.05, 0.1) is 18.4 Å². The lowest BCUT2D eigenvalue weighted by Crippen LogP contribution is -2.62. The predicted molar refractivity (Wildman–Crippen MR) is 98.3 cm³/mol. The molecule has 2 aromatic rings. The van der Waals surface area contributed by atoms with Crippen LogP contribution in [-0.4, -0.2) is 42.6 Å². The Labute approximate surface area is 149 Å². The summed E-state index contributed by atoms with van der Waals surface area (Å²) >= 11 is 0. The lowest BCUT2D eigenvalue weighted by Gasteiger charge is -2.46. The van der Waals surface area contributed by atoms with Crippen LogP contribution in [0.15, 0.2) is 6.20 Å². The molecule has 25 heavy (non-hydrogen) atoms. The van der Waals surface area contributed by atoms with E-state index in [2.05, 4.69) is 48.5 Å². The number of carbonyl (C=O) groups excluding carboxylic acids is 1. The molecule has 1 fully saturated rings. The molecule has 7 nitrogen and oxygen atoms in total. The molecule has 1 saturated heterocycles. The molecule has 2 aromatic heterocycles. The summed E-state index contributed by atoms with van der Waals surface area (Å²) in [5.41, 5.74) is 3.01. The van der Waals surface area contributed by atoms with E-state index >= 15 is 0 Å². The smallest absolute Gasteiger partial charge is 0.222 e. The van der Waals surface area contributed by atoms with Gasteiger partial charge in [0, 0.05) is 30.6 Å². The minimum absolute atomic E-state index is 0.0284. The van der Waals surface area contributed by atoms with Crippen LogP contribution < -0.4 is 10.6 Å². The number of amides is 1. The van der Waals surface area contributed by atoms with Crippen molar-refractivity contribution in [2.45, 2.75) is 77.5 Å². The normalized spacial score (nSPS) is 20.1. The lowest BCUT2D eigenvalue weighted by molar-refractivity contribution is -0.122. The van der Waals surface area contributed by atoms with Gasteiger partial charge < -0.3 is 10.6 Å². The Hall–Kier alpha value is -1.89. The highest BCUT2D eigenvalue weighted by atomic mass is 16.1. The second-order valence-corrected chi connectivity index (χ2v) is 8.63. The summed E-state index contributed by atoms with van der Waals surface area (Å²) < 4.78 is 3.71. The van der Waals surface area contributed by atoms with E-state index in [9.17, 15) is 4.79 Å². The third kappa shape index (κ3) is 3.86. The Morgan fingerprint density at radius 1 is 1.32 bits per heavy atom. The number of aromatic nitrogens is 4. The number of carbonyl (C=O) groups is 1. The second kappa shape index (κ2) is 6.12. The lowest BCUT2D eigenvalue weighted by atomic mass is 9.79. The highest BCUT2D eigenvalue weighted by Gasteiger charge is 2.38. The van der Waals surface area contributed by atoms with Crippen molar-refractivity contribution < 1.29 is 4.79 Å². The molecule has 1 aliphatic rings. The maximum atomic E-state index is 12.5. The number of nitrogens with one attached hydrogen (secondary N) is 2. The number of hydrogen-bond donors (Lipinski definition) is 2. The Morgan fingerprint density at radius 3 is 2.60 bits per heavy atom. The molecule has 2 N–H and O–H groups in total. The zero-order valence-corrected chi connectivity index (χ0v) is 16.2. The minimum atomic E-state index is 0.0284. The molecule has 3 heterocycles. The predicted octanol–water partition coefficient (Wildman–Crippen LogP) is 1.89. The number of nitrogens with zero attached hydrogens (tertiary/aromatic N) is 4. The van der Waals surface area contributed by atoms with E-state index in [1.165, 1.54) is 0 Å². The van der Waals surface area contributed by atoms with Crippen LogP contribution in [0.2, 0.25) is 0 Å². The van der Waals surface area contributed by atoms with Crippen LogP contribution in [0, 0.1) is 6.92 Å². The molecule has 0 aliphatic carbocycles. The molecule has 0 spiro atoms. The number of rotatable bonds is 4. The summed E-state index contributed by atoms with van der Waals surface area (Å²) in [6.07, 6.45) is 4.12. The van der Waals surface area contributed by atoms with E-state index in [4.69, 9.17) is 0 Å². The van der Waals surface area contributed by atoms with E-state index in [1.807, 2.05) is 29.5 Å². The molecule has 7 heteroatoms. The molecular formula is C18H30N6O. The van der Waals surface area contributed by atoms with E-state index in [0.717, 1.165) is 29.6 Å². The number of aryl methyl sites for hydroxylation is 3. The van der Waals surface area contributed by atoms with Crippen molar-refractivity contribution in [2.24, 2.45) is 7.05 Å². The monoisotopic (exact) mass is 346 g/mol. The third-order valence-corrected chi connectivity index (χ3v) is 4.92.